The van der Waals surface area contributed by atoms with Gasteiger partial charge in [-0.2, -0.15) is 13.2 Å². The molecule has 0 saturated heterocycles. The predicted octanol–water partition coefficient (Wildman–Crippen LogP) is 5.97. The van der Waals surface area contributed by atoms with Crippen molar-refractivity contribution >= 4 is 45.6 Å². The van der Waals surface area contributed by atoms with Crippen molar-refractivity contribution in [1.82, 2.24) is 10.8 Å². The van der Waals surface area contributed by atoms with Gasteiger partial charge >= 0.3 is 6.18 Å². The molecule has 1 aliphatic heterocycles. The molecule has 1 aliphatic rings. The second-order valence-electron chi connectivity index (χ2n) is 8.07. The number of ether oxygens (including phenoxy) is 2. The molecule has 0 radical (unpaired) electrons. The molecule has 3 aromatic carbocycles. The zero-order valence-corrected chi connectivity index (χ0v) is 20.9. The first-order chi connectivity index (χ1) is 17.5. The van der Waals surface area contributed by atoms with Gasteiger partial charge in [-0.05, 0) is 35.0 Å². The summed E-state index contributed by atoms with van der Waals surface area (Å²) in [6, 6.07) is 11.3. The van der Waals surface area contributed by atoms with Gasteiger partial charge in [0.15, 0.2) is 12.1 Å². The Balaban J connectivity index is 1.79. The number of amides is 1. The predicted molar refractivity (Wildman–Crippen MR) is 130 cm³/mol. The highest BCUT2D eigenvalue weighted by molar-refractivity contribution is 6.35. The van der Waals surface area contributed by atoms with E-state index in [0.29, 0.717) is 21.9 Å². The van der Waals surface area contributed by atoms with Gasteiger partial charge in [-0.3, -0.25) is 15.1 Å². The summed E-state index contributed by atoms with van der Waals surface area (Å²) in [5.74, 6) is -1.46. The first-order valence-electron chi connectivity index (χ1n) is 10.8. The summed E-state index contributed by atoms with van der Waals surface area (Å²) >= 11 is 11.5. The second kappa shape index (κ2) is 10.5. The van der Waals surface area contributed by atoms with Gasteiger partial charge in [0, 0.05) is 30.9 Å². The van der Waals surface area contributed by atoms with Gasteiger partial charge in [0.1, 0.15) is 0 Å². The molecule has 12 heteroatoms. The number of benzene rings is 3. The zero-order chi connectivity index (χ0) is 27.0. The molecule has 1 amide bonds. The van der Waals surface area contributed by atoms with Crippen molar-refractivity contribution in [2.45, 2.75) is 18.1 Å². The van der Waals surface area contributed by atoms with Crippen molar-refractivity contribution < 1.29 is 36.7 Å². The van der Waals surface area contributed by atoms with Gasteiger partial charge in [0.2, 0.25) is 5.60 Å². The number of hydroxylamine groups is 1. The van der Waals surface area contributed by atoms with E-state index >= 15 is 0 Å². The number of fused-ring (bicyclic) bond motifs is 1. The van der Waals surface area contributed by atoms with Crippen molar-refractivity contribution in [3.05, 3.63) is 87.2 Å². The van der Waals surface area contributed by atoms with Crippen molar-refractivity contribution in [2.24, 2.45) is 0 Å². The van der Waals surface area contributed by atoms with E-state index in [1.165, 1.54) is 26.4 Å². The minimum absolute atomic E-state index is 0.0177. The maximum atomic E-state index is 14.4. The fourth-order valence-electron chi connectivity index (χ4n) is 4.01. The number of carbonyl (C=O) groups is 1. The quantitative estimate of drug-likeness (QED) is 0.212. The van der Waals surface area contributed by atoms with Crippen LogP contribution in [0.15, 0.2) is 54.6 Å². The molecule has 0 aromatic heterocycles. The van der Waals surface area contributed by atoms with Crippen molar-refractivity contribution in [3.63, 3.8) is 0 Å². The van der Waals surface area contributed by atoms with Crippen LogP contribution in [0.25, 0.3) is 16.5 Å². The highest BCUT2D eigenvalue weighted by Gasteiger charge is 2.60. The number of hydrogen-bond acceptors (Lipinski definition) is 5. The van der Waals surface area contributed by atoms with Crippen LogP contribution in [0.3, 0.4) is 0 Å². The second-order valence-corrected chi connectivity index (χ2v) is 8.88. The van der Waals surface area contributed by atoms with Crippen LogP contribution < -0.4 is 10.8 Å². The molecule has 0 saturated carbocycles. The van der Waals surface area contributed by atoms with Gasteiger partial charge in [0.25, 0.3) is 5.91 Å². The summed E-state index contributed by atoms with van der Waals surface area (Å²) in [4.78, 5) is 18.0. The average Bonchev–Trinajstić information content (AvgIpc) is 3.33. The van der Waals surface area contributed by atoms with Crippen LogP contribution in [0.4, 0.5) is 17.6 Å². The Hall–Kier alpha value is -2.89. The molecule has 6 nitrogen and oxygen atoms in total. The Labute approximate surface area is 219 Å². The highest BCUT2D eigenvalue weighted by Crippen LogP contribution is 2.49. The molecule has 196 valence electrons. The normalized spacial score (nSPS) is 17.7. The molecule has 3 aromatic rings. The summed E-state index contributed by atoms with van der Waals surface area (Å²) in [6.45, 7) is 0.0827. The number of methoxy groups -OCH3 is 2. The lowest BCUT2D eigenvalue weighted by molar-refractivity contribution is -0.269. The van der Waals surface area contributed by atoms with E-state index in [1.807, 2.05) is 0 Å². The molecule has 0 fully saturated rings. The standard InChI is InChI=1S/C25H20Cl2F4N2O4/c1-35-21(36-2)12-32-23(34)17-8-7-16(14-5-3-4-6-15(14)17)20-11-24(37-33-20,25(29,30)31)13-9-18(26)22(28)19(27)10-13/h3-11,21,33H,12H2,1-2H3,(H,32,34). The summed E-state index contributed by atoms with van der Waals surface area (Å²) < 4.78 is 67.2. The van der Waals surface area contributed by atoms with Crippen molar-refractivity contribution in [3.8, 4) is 0 Å². The Bertz CT molecular complexity index is 1360. The van der Waals surface area contributed by atoms with E-state index in [9.17, 15) is 22.4 Å². The van der Waals surface area contributed by atoms with Gasteiger partial charge in [-0.25, -0.2) is 4.39 Å². The molecule has 1 unspecified atom stereocenters. The minimum atomic E-state index is -4.97. The van der Waals surface area contributed by atoms with Gasteiger partial charge < -0.3 is 14.8 Å². The van der Waals surface area contributed by atoms with Crippen LogP contribution in [0.1, 0.15) is 21.5 Å². The maximum absolute atomic E-state index is 14.4. The molecule has 37 heavy (non-hydrogen) atoms. The van der Waals surface area contributed by atoms with Crippen LogP contribution in [-0.4, -0.2) is 39.1 Å². The number of alkyl halides is 3. The lowest BCUT2D eigenvalue weighted by Gasteiger charge is -2.28. The molecule has 0 bridgehead atoms. The number of nitrogens with one attached hydrogen (secondary N) is 2. The molecule has 2 N–H and O–H groups in total. The fraction of sp³-hybridized carbons (Fsp3) is 0.240. The number of halogens is 6. The van der Waals surface area contributed by atoms with Crippen molar-refractivity contribution in [1.29, 1.82) is 0 Å². The smallest absolute Gasteiger partial charge is 0.354 e. The summed E-state index contributed by atoms with van der Waals surface area (Å²) in [5, 5.41) is 2.52. The maximum Gasteiger partial charge on any atom is 0.428 e. The van der Waals surface area contributed by atoms with Crippen LogP contribution in [0, 0.1) is 5.82 Å². The number of carbonyl (C=O) groups excluding carboxylic acids is 1. The highest BCUT2D eigenvalue weighted by atomic mass is 35.5. The molecule has 0 spiro atoms. The summed E-state index contributed by atoms with van der Waals surface area (Å²) in [6.07, 6.45) is -4.79. The molecular formula is C25H20Cl2F4N2O4. The fourth-order valence-corrected chi connectivity index (χ4v) is 4.50. The third kappa shape index (κ3) is 4.99. The largest absolute Gasteiger partial charge is 0.428 e. The lowest BCUT2D eigenvalue weighted by Crippen LogP contribution is -2.42. The van der Waals surface area contributed by atoms with Crippen LogP contribution >= 0.6 is 23.2 Å². The number of rotatable bonds is 7. The third-order valence-electron chi connectivity index (χ3n) is 5.92. The zero-order valence-electron chi connectivity index (χ0n) is 19.4. The molecule has 1 heterocycles. The van der Waals surface area contributed by atoms with E-state index in [4.69, 9.17) is 37.5 Å². The van der Waals surface area contributed by atoms with E-state index in [0.717, 1.165) is 18.2 Å². The summed E-state index contributed by atoms with van der Waals surface area (Å²) in [7, 11) is 2.87. The summed E-state index contributed by atoms with van der Waals surface area (Å²) in [5.41, 5.74) is -0.552. The van der Waals surface area contributed by atoms with Gasteiger partial charge in [0.05, 0.1) is 22.3 Å². The van der Waals surface area contributed by atoms with Crippen LogP contribution in [0.5, 0.6) is 0 Å². The molecular weight excluding hydrogens is 539 g/mol. The van der Waals surface area contributed by atoms with E-state index in [-0.39, 0.29) is 12.2 Å². The Morgan fingerprint density at radius 3 is 2.30 bits per heavy atom. The monoisotopic (exact) mass is 558 g/mol. The first-order valence-corrected chi connectivity index (χ1v) is 11.5. The third-order valence-corrected chi connectivity index (χ3v) is 6.47. The van der Waals surface area contributed by atoms with Crippen LogP contribution in [-0.2, 0) is 19.9 Å². The van der Waals surface area contributed by atoms with E-state index < -0.39 is 45.4 Å². The Morgan fingerprint density at radius 2 is 1.70 bits per heavy atom. The van der Waals surface area contributed by atoms with Gasteiger partial charge in [-0.1, -0.05) is 53.5 Å². The number of hydrogen-bond donors (Lipinski definition) is 2. The molecule has 4 rings (SSSR count). The molecule has 1 atom stereocenters. The van der Waals surface area contributed by atoms with E-state index in [1.54, 1.807) is 24.3 Å². The Morgan fingerprint density at radius 1 is 1.08 bits per heavy atom. The first kappa shape index (κ1) is 27.2. The SMILES string of the molecule is COC(CNC(=O)c1ccc(C2=CC(c3cc(Cl)c(F)c(Cl)c3)(C(F)(F)F)ON2)c2ccccc12)OC. The topological polar surface area (TPSA) is 68.8 Å². The minimum Gasteiger partial charge on any atom is -0.354 e. The van der Waals surface area contributed by atoms with Crippen LogP contribution in [0.2, 0.25) is 10.0 Å². The van der Waals surface area contributed by atoms with Gasteiger partial charge in [-0.15, -0.1) is 0 Å². The lowest BCUT2D eigenvalue weighted by atomic mass is 9.90. The Kier molecular flexibility index (Phi) is 7.68. The average molecular weight is 559 g/mol. The van der Waals surface area contributed by atoms with Crippen molar-refractivity contribution in [2.75, 3.05) is 20.8 Å². The molecule has 0 aliphatic carbocycles. The van der Waals surface area contributed by atoms with E-state index in [2.05, 4.69) is 10.8 Å².